The lowest BCUT2D eigenvalue weighted by atomic mass is 10.1. The summed E-state index contributed by atoms with van der Waals surface area (Å²) in [7, 11) is 0. The first-order chi connectivity index (χ1) is 11.2. The number of benzene rings is 1. The van der Waals surface area contributed by atoms with Crippen LogP contribution in [0.15, 0.2) is 18.2 Å². The number of rotatable bonds is 8. The molecular formula is C17H24N2O5. The Labute approximate surface area is 141 Å². The van der Waals surface area contributed by atoms with Gasteiger partial charge in [-0.2, -0.15) is 0 Å². The van der Waals surface area contributed by atoms with Crippen LogP contribution in [0, 0.1) is 13.8 Å². The lowest BCUT2D eigenvalue weighted by Crippen LogP contribution is -2.48. The molecule has 7 nitrogen and oxygen atoms in total. The van der Waals surface area contributed by atoms with Crippen molar-refractivity contribution in [3.8, 4) is 5.75 Å². The van der Waals surface area contributed by atoms with Crippen molar-refractivity contribution in [3.63, 3.8) is 0 Å². The summed E-state index contributed by atoms with van der Waals surface area (Å²) in [5.74, 6) is -1.22. The minimum absolute atomic E-state index is 0.0993. The van der Waals surface area contributed by atoms with Gasteiger partial charge in [0.25, 0.3) is 5.91 Å². The predicted molar refractivity (Wildman–Crippen MR) is 88.9 cm³/mol. The second-order valence-electron chi connectivity index (χ2n) is 5.64. The number of nitrogens with zero attached hydrogens (tertiary/aromatic N) is 1. The zero-order valence-electron chi connectivity index (χ0n) is 14.5. The van der Waals surface area contributed by atoms with Crippen LogP contribution in [0.1, 0.15) is 25.0 Å². The smallest absolute Gasteiger partial charge is 0.326 e. The molecule has 2 N–H and O–H groups in total. The SMILES string of the molecule is CC(=O)NCCN(C(=O)COc1ccc(C)cc1C)C(C)C(=O)O. The Kier molecular flexibility index (Phi) is 7.23. The Morgan fingerprint density at radius 1 is 1.29 bits per heavy atom. The molecule has 0 aromatic heterocycles. The van der Waals surface area contributed by atoms with Gasteiger partial charge in [0.1, 0.15) is 11.8 Å². The Balaban J connectivity index is 2.72. The Bertz CT molecular complexity index is 615. The van der Waals surface area contributed by atoms with E-state index in [1.807, 2.05) is 26.0 Å². The Morgan fingerprint density at radius 2 is 1.96 bits per heavy atom. The number of carbonyl (C=O) groups excluding carboxylic acids is 2. The zero-order chi connectivity index (χ0) is 18.3. The van der Waals surface area contributed by atoms with Crippen LogP contribution in [0.2, 0.25) is 0 Å². The molecule has 0 fully saturated rings. The van der Waals surface area contributed by atoms with Gasteiger partial charge in [-0.3, -0.25) is 9.59 Å². The van der Waals surface area contributed by atoms with Crippen molar-refractivity contribution in [3.05, 3.63) is 29.3 Å². The first-order valence-electron chi connectivity index (χ1n) is 7.69. The van der Waals surface area contributed by atoms with Crippen molar-refractivity contribution in [1.82, 2.24) is 10.2 Å². The molecule has 0 bridgehead atoms. The number of ether oxygens (including phenoxy) is 1. The highest BCUT2D eigenvalue weighted by molar-refractivity contribution is 5.84. The maximum absolute atomic E-state index is 12.3. The van der Waals surface area contributed by atoms with Gasteiger partial charge in [-0.1, -0.05) is 17.7 Å². The molecule has 7 heteroatoms. The first kappa shape index (κ1) is 19.5. The molecule has 132 valence electrons. The largest absolute Gasteiger partial charge is 0.483 e. The number of amides is 2. The van der Waals surface area contributed by atoms with Gasteiger partial charge in [-0.25, -0.2) is 4.79 Å². The van der Waals surface area contributed by atoms with Crippen LogP contribution in [0.5, 0.6) is 5.75 Å². The van der Waals surface area contributed by atoms with Gasteiger partial charge >= 0.3 is 5.97 Å². The number of aliphatic carboxylic acids is 1. The topological polar surface area (TPSA) is 95.9 Å². The fourth-order valence-corrected chi connectivity index (χ4v) is 2.20. The zero-order valence-corrected chi connectivity index (χ0v) is 14.5. The number of carbonyl (C=O) groups is 3. The molecule has 0 aliphatic carbocycles. The van der Waals surface area contributed by atoms with Gasteiger partial charge in [0, 0.05) is 20.0 Å². The molecule has 24 heavy (non-hydrogen) atoms. The van der Waals surface area contributed by atoms with E-state index in [2.05, 4.69) is 5.32 Å². The highest BCUT2D eigenvalue weighted by Crippen LogP contribution is 2.18. The Hall–Kier alpha value is -2.57. The third kappa shape index (κ3) is 5.91. The summed E-state index contributed by atoms with van der Waals surface area (Å²) in [5, 5.41) is 11.7. The van der Waals surface area contributed by atoms with Crippen molar-refractivity contribution >= 4 is 17.8 Å². The molecule has 0 aliphatic rings. The van der Waals surface area contributed by atoms with Crippen LogP contribution in [0.4, 0.5) is 0 Å². The number of carboxylic acid groups (broad SMARTS) is 1. The minimum Gasteiger partial charge on any atom is -0.483 e. The van der Waals surface area contributed by atoms with Gasteiger partial charge in [-0.05, 0) is 32.4 Å². The molecule has 1 aromatic rings. The molecule has 0 heterocycles. The summed E-state index contributed by atoms with van der Waals surface area (Å²) < 4.78 is 5.52. The van der Waals surface area contributed by atoms with Crippen LogP contribution < -0.4 is 10.1 Å². The minimum atomic E-state index is -1.11. The van der Waals surface area contributed by atoms with E-state index in [-0.39, 0.29) is 25.6 Å². The third-order valence-corrected chi connectivity index (χ3v) is 3.55. The van der Waals surface area contributed by atoms with E-state index >= 15 is 0 Å². The number of hydrogen-bond acceptors (Lipinski definition) is 4. The van der Waals surface area contributed by atoms with Crippen molar-refractivity contribution < 1.29 is 24.2 Å². The lowest BCUT2D eigenvalue weighted by Gasteiger charge is -2.26. The number of carboxylic acids is 1. The average Bonchev–Trinajstić information content (AvgIpc) is 2.49. The van der Waals surface area contributed by atoms with Crippen LogP contribution in [0.25, 0.3) is 0 Å². The van der Waals surface area contributed by atoms with Crippen LogP contribution in [-0.4, -0.2) is 53.5 Å². The summed E-state index contributed by atoms with van der Waals surface area (Å²) in [6, 6.07) is 4.59. The van der Waals surface area contributed by atoms with E-state index in [0.717, 1.165) is 11.1 Å². The summed E-state index contributed by atoms with van der Waals surface area (Å²) in [6.07, 6.45) is 0. The van der Waals surface area contributed by atoms with Crippen molar-refractivity contribution in [1.29, 1.82) is 0 Å². The third-order valence-electron chi connectivity index (χ3n) is 3.55. The summed E-state index contributed by atoms with van der Waals surface area (Å²) in [6.45, 7) is 6.63. The number of hydrogen-bond donors (Lipinski definition) is 2. The van der Waals surface area contributed by atoms with Gasteiger partial charge in [-0.15, -0.1) is 0 Å². The number of aryl methyl sites for hydroxylation is 2. The van der Waals surface area contributed by atoms with E-state index in [9.17, 15) is 14.4 Å². The molecular weight excluding hydrogens is 312 g/mol. The lowest BCUT2D eigenvalue weighted by molar-refractivity contribution is -0.150. The normalized spacial score (nSPS) is 11.5. The fourth-order valence-electron chi connectivity index (χ4n) is 2.20. The van der Waals surface area contributed by atoms with Crippen LogP contribution in [-0.2, 0) is 14.4 Å². The molecule has 0 saturated carbocycles. The van der Waals surface area contributed by atoms with Gasteiger partial charge in [0.05, 0.1) is 0 Å². The monoisotopic (exact) mass is 336 g/mol. The van der Waals surface area contributed by atoms with Gasteiger partial charge in [0.15, 0.2) is 6.61 Å². The van der Waals surface area contributed by atoms with E-state index in [1.165, 1.54) is 18.7 Å². The second kappa shape index (κ2) is 8.90. The van der Waals surface area contributed by atoms with Gasteiger partial charge < -0.3 is 20.1 Å². The molecule has 1 atom stereocenters. The quantitative estimate of drug-likeness (QED) is 0.742. The molecule has 1 aromatic carbocycles. The molecule has 0 aliphatic heterocycles. The predicted octanol–water partition coefficient (Wildman–Crippen LogP) is 1.12. The molecule has 0 radical (unpaired) electrons. The summed E-state index contributed by atoms with van der Waals surface area (Å²) in [4.78, 5) is 35.6. The summed E-state index contributed by atoms with van der Waals surface area (Å²) in [5.41, 5.74) is 1.99. The van der Waals surface area contributed by atoms with E-state index < -0.39 is 17.9 Å². The Morgan fingerprint density at radius 3 is 2.50 bits per heavy atom. The second-order valence-corrected chi connectivity index (χ2v) is 5.64. The average molecular weight is 336 g/mol. The first-order valence-corrected chi connectivity index (χ1v) is 7.69. The van der Waals surface area contributed by atoms with Crippen molar-refractivity contribution in [2.24, 2.45) is 0 Å². The van der Waals surface area contributed by atoms with E-state index in [1.54, 1.807) is 6.07 Å². The summed E-state index contributed by atoms with van der Waals surface area (Å²) >= 11 is 0. The maximum atomic E-state index is 12.3. The van der Waals surface area contributed by atoms with Crippen LogP contribution in [0.3, 0.4) is 0 Å². The van der Waals surface area contributed by atoms with Crippen LogP contribution >= 0.6 is 0 Å². The molecule has 1 rings (SSSR count). The highest BCUT2D eigenvalue weighted by atomic mass is 16.5. The number of nitrogens with one attached hydrogen (secondary N) is 1. The molecule has 2 amide bonds. The fraction of sp³-hybridized carbons (Fsp3) is 0.471. The standard InChI is InChI=1S/C17H24N2O5/c1-11-5-6-15(12(2)9-11)24-10-16(21)19(13(3)17(22)23)8-7-18-14(4)20/h5-6,9,13H,7-8,10H2,1-4H3,(H,18,20)(H,22,23). The molecule has 0 spiro atoms. The molecule has 1 unspecified atom stereocenters. The maximum Gasteiger partial charge on any atom is 0.326 e. The van der Waals surface area contributed by atoms with Crippen molar-refractivity contribution in [2.45, 2.75) is 33.7 Å². The molecule has 0 saturated heterocycles. The van der Waals surface area contributed by atoms with Gasteiger partial charge in [0.2, 0.25) is 5.91 Å². The highest BCUT2D eigenvalue weighted by Gasteiger charge is 2.25. The van der Waals surface area contributed by atoms with E-state index in [4.69, 9.17) is 9.84 Å². The van der Waals surface area contributed by atoms with Crippen molar-refractivity contribution in [2.75, 3.05) is 19.7 Å². The van der Waals surface area contributed by atoms with E-state index in [0.29, 0.717) is 5.75 Å².